The van der Waals surface area contributed by atoms with E-state index in [0.29, 0.717) is 30.5 Å². The highest BCUT2D eigenvalue weighted by Gasteiger charge is 2.10. The normalized spacial score (nSPS) is 10.5. The quantitative estimate of drug-likeness (QED) is 0.743. The Balaban J connectivity index is 2.23. The number of nitrogens with two attached hydrogens (primary N) is 1. The number of hydrogen-bond donors (Lipinski definition) is 1. The summed E-state index contributed by atoms with van der Waals surface area (Å²) in [5.41, 5.74) is 6.05. The van der Waals surface area contributed by atoms with Gasteiger partial charge in [-0.25, -0.2) is 4.68 Å². The van der Waals surface area contributed by atoms with E-state index in [-0.39, 0.29) is 0 Å². The number of ether oxygens (including phenoxy) is 1. The van der Waals surface area contributed by atoms with Gasteiger partial charge in [-0.2, -0.15) is 0 Å². The number of nitrogens with zero attached hydrogens (tertiary/aromatic N) is 6. The molecule has 8 heteroatoms. The lowest BCUT2D eigenvalue weighted by atomic mass is 10.3. The Kier molecular flexibility index (Phi) is 3.55. The molecule has 0 atom stereocenters. The van der Waals surface area contributed by atoms with Gasteiger partial charge < -0.3 is 10.5 Å². The van der Waals surface area contributed by atoms with Crippen molar-refractivity contribution >= 4 is 0 Å². The predicted molar refractivity (Wildman–Crippen MR) is 59.1 cm³/mol. The van der Waals surface area contributed by atoms with Gasteiger partial charge in [-0.3, -0.25) is 0 Å². The molecular weight excluding hydrogens is 222 g/mol. The Morgan fingerprint density at radius 2 is 2.18 bits per heavy atom. The molecule has 0 radical (unpaired) electrons. The maximum atomic E-state index is 5.45. The summed E-state index contributed by atoms with van der Waals surface area (Å²) < 4.78 is 6.59. The van der Waals surface area contributed by atoms with Crippen LogP contribution in [0.3, 0.4) is 0 Å². The van der Waals surface area contributed by atoms with Gasteiger partial charge in [0.2, 0.25) is 11.7 Å². The summed E-state index contributed by atoms with van der Waals surface area (Å²) in [6.45, 7) is 1.25. The van der Waals surface area contributed by atoms with Crippen LogP contribution in [0, 0.1) is 0 Å². The first-order valence-corrected chi connectivity index (χ1v) is 5.19. The van der Waals surface area contributed by atoms with Crippen molar-refractivity contribution in [3.63, 3.8) is 0 Å². The van der Waals surface area contributed by atoms with Crippen molar-refractivity contribution in [1.29, 1.82) is 0 Å². The summed E-state index contributed by atoms with van der Waals surface area (Å²) in [6.07, 6.45) is 0.807. The number of hydrogen-bond acceptors (Lipinski definition) is 7. The average Bonchev–Trinajstić information content (AvgIpc) is 2.84. The number of methoxy groups -OCH3 is 1. The molecule has 0 aliphatic heterocycles. The van der Waals surface area contributed by atoms with Crippen molar-refractivity contribution in [2.75, 3.05) is 13.7 Å². The van der Waals surface area contributed by atoms with E-state index in [9.17, 15) is 0 Å². The summed E-state index contributed by atoms with van der Waals surface area (Å²) >= 11 is 0. The van der Waals surface area contributed by atoms with Crippen LogP contribution in [0.5, 0.6) is 5.88 Å². The monoisotopic (exact) mass is 235 g/mol. The molecule has 0 aliphatic carbocycles. The number of aromatic nitrogens is 6. The highest BCUT2D eigenvalue weighted by atomic mass is 16.5. The Morgan fingerprint density at radius 1 is 1.29 bits per heavy atom. The van der Waals surface area contributed by atoms with Crippen LogP contribution < -0.4 is 10.5 Å². The molecule has 0 aromatic carbocycles. The molecule has 0 spiro atoms. The second-order valence-electron chi connectivity index (χ2n) is 3.33. The molecule has 0 bridgehead atoms. The molecule has 2 rings (SSSR count). The molecule has 8 nitrogen and oxygen atoms in total. The zero-order chi connectivity index (χ0) is 12.1. The maximum Gasteiger partial charge on any atom is 0.233 e. The van der Waals surface area contributed by atoms with E-state index in [1.807, 2.05) is 0 Å². The van der Waals surface area contributed by atoms with E-state index in [1.165, 1.54) is 7.11 Å². The fourth-order valence-corrected chi connectivity index (χ4v) is 1.33. The highest BCUT2D eigenvalue weighted by molar-refractivity contribution is 5.47. The molecule has 2 N–H and O–H groups in total. The van der Waals surface area contributed by atoms with Crippen LogP contribution in [0.4, 0.5) is 0 Å². The van der Waals surface area contributed by atoms with E-state index in [1.54, 1.807) is 16.8 Å². The lowest BCUT2D eigenvalue weighted by Gasteiger charge is -2.02. The largest absolute Gasteiger partial charge is 0.480 e. The summed E-state index contributed by atoms with van der Waals surface area (Å²) in [7, 11) is 1.54. The van der Waals surface area contributed by atoms with E-state index < -0.39 is 0 Å². The minimum atomic E-state index is 0.453. The van der Waals surface area contributed by atoms with Crippen LogP contribution in [0.2, 0.25) is 0 Å². The van der Waals surface area contributed by atoms with E-state index in [4.69, 9.17) is 10.5 Å². The average molecular weight is 235 g/mol. The van der Waals surface area contributed by atoms with Crippen LogP contribution in [0.25, 0.3) is 11.5 Å². The molecule has 2 aromatic rings. The van der Waals surface area contributed by atoms with Crippen molar-refractivity contribution in [2.24, 2.45) is 5.73 Å². The number of rotatable bonds is 5. The van der Waals surface area contributed by atoms with E-state index in [2.05, 4.69) is 25.7 Å². The first-order chi connectivity index (χ1) is 8.35. The second kappa shape index (κ2) is 5.30. The Hall–Kier alpha value is -2.09. The van der Waals surface area contributed by atoms with Crippen molar-refractivity contribution in [1.82, 2.24) is 30.4 Å². The molecule has 2 aromatic heterocycles. The summed E-state index contributed by atoms with van der Waals surface area (Å²) in [6, 6.07) is 3.47. The molecule has 0 unspecified atom stereocenters. The van der Waals surface area contributed by atoms with Crippen molar-refractivity contribution < 1.29 is 4.74 Å². The van der Waals surface area contributed by atoms with Gasteiger partial charge in [0.25, 0.3) is 0 Å². The van der Waals surface area contributed by atoms with Gasteiger partial charge in [-0.1, -0.05) is 0 Å². The summed E-state index contributed by atoms with van der Waals surface area (Å²) in [5.74, 6) is 1.03. The van der Waals surface area contributed by atoms with Crippen LogP contribution in [-0.4, -0.2) is 44.1 Å². The molecule has 0 fully saturated rings. The third-order valence-corrected chi connectivity index (χ3v) is 2.18. The van der Waals surface area contributed by atoms with Crippen LogP contribution in [0.1, 0.15) is 6.42 Å². The van der Waals surface area contributed by atoms with Crippen LogP contribution >= 0.6 is 0 Å². The Morgan fingerprint density at radius 3 is 2.82 bits per heavy atom. The molecule has 0 amide bonds. The zero-order valence-corrected chi connectivity index (χ0v) is 9.44. The second-order valence-corrected chi connectivity index (χ2v) is 3.33. The topological polar surface area (TPSA) is 105 Å². The summed E-state index contributed by atoms with van der Waals surface area (Å²) in [4.78, 5) is 0. The van der Waals surface area contributed by atoms with Gasteiger partial charge in [0, 0.05) is 12.6 Å². The Bertz CT molecular complexity index is 466. The highest BCUT2D eigenvalue weighted by Crippen LogP contribution is 2.14. The Labute approximate surface area is 97.8 Å². The summed E-state index contributed by atoms with van der Waals surface area (Å²) in [5, 5.41) is 19.3. The first kappa shape index (κ1) is 11.4. The molecule has 0 saturated heterocycles. The van der Waals surface area contributed by atoms with Gasteiger partial charge in [-0.15, -0.1) is 15.3 Å². The molecule has 0 saturated carbocycles. The van der Waals surface area contributed by atoms with Crippen molar-refractivity contribution in [3.05, 3.63) is 12.1 Å². The zero-order valence-electron chi connectivity index (χ0n) is 9.44. The van der Waals surface area contributed by atoms with Gasteiger partial charge in [-0.05, 0) is 29.5 Å². The first-order valence-electron chi connectivity index (χ1n) is 5.19. The SMILES string of the molecule is COc1ccc(-c2nnnn2CCCN)nn1. The third-order valence-electron chi connectivity index (χ3n) is 2.18. The lowest BCUT2D eigenvalue weighted by Crippen LogP contribution is -2.09. The molecular formula is C9H13N7O. The number of aryl methyl sites for hydroxylation is 1. The minimum Gasteiger partial charge on any atom is -0.480 e. The molecule has 90 valence electrons. The lowest BCUT2D eigenvalue weighted by molar-refractivity contribution is 0.392. The van der Waals surface area contributed by atoms with Crippen molar-refractivity contribution in [2.45, 2.75) is 13.0 Å². The standard InChI is InChI=1S/C9H13N7O/c1-17-8-4-3-7(11-12-8)9-13-14-15-16(9)6-2-5-10/h3-4H,2,5-6,10H2,1H3. The smallest absolute Gasteiger partial charge is 0.233 e. The predicted octanol–water partition coefficient (Wildman–Crippen LogP) is -0.513. The fraction of sp³-hybridized carbons (Fsp3) is 0.444. The van der Waals surface area contributed by atoms with Gasteiger partial charge >= 0.3 is 0 Å². The molecule has 17 heavy (non-hydrogen) atoms. The minimum absolute atomic E-state index is 0.453. The van der Waals surface area contributed by atoms with Gasteiger partial charge in [0.15, 0.2) is 0 Å². The van der Waals surface area contributed by atoms with Crippen LogP contribution in [0.15, 0.2) is 12.1 Å². The van der Waals surface area contributed by atoms with E-state index in [0.717, 1.165) is 6.42 Å². The maximum absolute atomic E-state index is 5.45. The van der Waals surface area contributed by atoms with Crippen LogP contribution in [-0.2, 0) is 6.54 Å². The molecule has 0 aliphatic rings. The fourth-order valence-electron chi connectivity index (χ4n) is 1.33. The van der Waals surface area contributed by atoms with E-state index >= 15 is 0 Å². The third kappa shape index (κ3) is 2.53. The molecule has 2 heterocycles. The van der Waals surface area contributed by atoms with Gasteiger partial charge in [0.1, 0.15) is 5.69 Å². The van der Waals surface area contributed by atoms with Gasteiger partial charge in [0.05, 0.1) is 7.11 Å². The van der Waals surface area contributed by atoms with Crippen molar-refractivity contribution in [3.8, 4) is 17.4 Å². The number of tetrazole rings is 1.